The van der Waals surface area contributed by atoms with E-state index in [1.807, 2.05) is 43.0 Å². The third kappa shape index (κ3) is 5.35. The number of piperazine rings is 1. The molecule has 9 heteroatoms. The number of benzene rings is 2. The van der Waals surface area contributed by atoms with E-state index >= 15 is 0 Å². The van der Waals surface area contributed by atoms with Crippen LogP contribution in [-0.2, 0) is 4.79 Å². The average molecular weight is 441 g/mol. The molecule has 1 aliphatic rings. The van der Waals surface area contributed by atoms with Crippen molar-refractivity contribution in [3.05, 3.63) is 63.7 Å². The van der Waals surface area contributed by atoms with E-state index in [-0.39, 0.29) is 29.1 Å². The number of hydrogen-bond donors (Lipinski definition) is 1. The van der Waals surface area contributed by atoms with Crippen LogP contribution in [0.15, 0.2) is 42.5 Å². The summed E-state index contributed by atoms with van der Waals surface area (Å²) < 4.78 is 5.43. The lowest BCUT2D eigenvalue weighted by atomic mass is 10.1. The average Bonchev–Trinajstić information content (AvgIpc) is 2.79. The Balaban J connectivity index is 1.72. The van der Waals surface area contributed by atoms with Crippen molar-refractivity contribution in [2.24, 2.45) is 0 Å². The number of hydrogen-bond acceptors (Lipinski definition) is 6. The Morgan fingerprint density at radius 1 is 1.12 bits per heavy atom. The Bertz CT molecular complexity index is 984. The van der Waals surface area contributed by atoms with Crippen LogP contribution in [0.3, 0.4) is 0 Å². The number of nitrogens with zero attached hydrogens (tertiary/aromatic N) is 3. The molecule has 9 nitrogen and oxygen atoms in total. The van der Waals surface area contributed by atoms with E-state index in [1.54, 1.807) is 17.0 Å². The maximum Gasteiger partial charge on any atom is 0.293 e. The first-order valence-electron chi connectivity index (χ1n) is 10.6. The van der Waals surface area contributed by atoms with Crippen LogP contribution in [0.2, 0.25) is 0 Å². The molecule has 170 valence electrons. The van der Waals surface area contributed by atoms with Crippen molar-refractivity contribution < 1.29 is 19.2 Å². The minimum absolute atomic E-state index is 0.00665. The number of carbonyl (C=O) groups is 2. The molecule has 0 saturated carbocycles. The first kappa shape index (κ1) is 23.1. The summed E-state index contributed by atoms with van der Waals surface area (Å²) >= 11 is 0. The molecule has 1 fully saturated rings. The third-order valence-corrected chi connectivity index (χ3v) is 5.54. The van der Waals surface area contributed by atoms with E-state index in [0.717, 1.165) is 11.3 Å². The van der Waals surface area contributed by atoms with Crippen molar-refractivity contribution >= 4 is 23.2 Å². The number of nitro groups is 1. The lowest BCUT2D eigenvalue weighted by Gasteiger charge is -2.35. The smallest absolute Gasteiger partial charge is 0.293 e. The SMILES string of the molecule is CCOc1ccc([C@H](C)NC(=O)c2ccc(N3CCN(C(C)=O)CC3)c([N+](=O)[O-])c2)cc1. The summed E-state index contributed by atoms with van der Waals surface area (Å²) in [5.74, 6) is 0.361. The summed E-state index contributed by atoms with van der Waals surface area (Å²) in [4.78, 5) is 39.1. The molecule has 3 rings (SSSR count). The van der Waals surface area contributed by atoms with Crippen LogP contribution in [0.4, 0.5) is 11.4 Å². The van der Waals surface area contributed by atoms with Gasteiger partial charge in [0.1, 0.15) is 11.4 Å². The van der Waals surface area contributed by atoms with E-state index in [0.29, 0.717) is 38.5 Å². The highest BCUT2D eigenvalue weighted by atomic mass is 16.6. The van der Waals surface area contributed by atoms with Gasteiger partial charge in [-0.3, -0.25) is 19.7 Å². The molecule has 32 heavy (non-hydrogen) atoms. The molecule has 2 aromatic rings. The molecule has 1 N–H and O–H groups in total. The third-order valence-electron chi connectivity index (χ3n) is 5.54. The highest BCUT2D eigenvalue weighted by Crippen LogP contribution is 2.30. The topological polar surface area (TPSA) is 105 Å². The van der Waals surface area contributed by atoms with E-state index in [4.69, 9.17) is 4.74 Å². The van der Waals surface area contributed by atoms with Crippen molar-refractivity contribution in [1.29, 1.82) is 0 Å². The zero-order valence-corrected chi connectivity index (χ0v) is 18.5. The zero-order chi connectivity index (χ0) is 23.3. The monoisotopic (exact) mass is 440 g/mol. The summed E-state index contributed by atoms with van der Waals surface area (Å²) in [6.07, 6.45) is 0. The molecule has 0 bridgehead atoms. The quantitative estimate of drug-likeness (QED) is 0.524. The second-order valence-electron chi connectivity index (χ2n) is 7.65. The molecule has 0 radical (unpaired) electrons. The van der Waals surface area contributed by atoms with Crippen molar-refractivity contribution in [3.8, 4) is 5.75 Å². The van der Waals surface area contributed by atoms with Gasteiger partial charge in [0.15, 0.2) is 0 Å². The second-order valence-corrected chi connectivity index (χ2v) is 7.65. The minimum atomic E-state index is -0.473. The minimum Gasteiger partial charge on any atom is -0.494 e. The second kappa shape index (κ2) is 10.1. The van der Waals surface area contributed by atoms with Crippen LogP contribution in [0.1, 0.15) is 42.7 Å². The summed E-state index contributed by atoms with van der Waals surface area (Å²) in [5.41, 5.74) is 1.45. The number of ether oxygens (including phenoxy) is 1. The highest BCUT2D eigenvalue weighted by Gasteiger charge is 2.26. The van der Waals surface area contributed by atoms with Crippen LogP contribution in [0, 0.1) is 10.1 Å². The van der Waals surface area contributed by atoms with Gasteiger partial charge in [-0.2, -0.15) is 0 Å². The molecule has 1 saturated heterocycles. The molecule has 2 amide bonds. The van der Waals surface area contributed by atoms with Gasteiger partial charge in [-0.15, -0.1) is 0 Å². The van der Waals surface area contributed by atoms with E-state index < -0.39 is 4.92 Å². The van der Waals surface area contributed by atoms with Crippen molar-refractivity contribution in [2.75, 3.05) is 37.7 Å². The number of rotatable bonds is 7. The van der Waals surface area contributed by atoms with Gasteiger partial charge < -0.3 is 19.9 Å². The molecule has 0 spiro atoms. The predicted octanol–water partition coefficient (Wildman–Crippen LogP) is 3.15. The summed E-state index contributed by atoms with van der Waals surface area (Å²) in [6.45, 7) is 7.87. The van der Waals surface area contributed by atoms with Crippen LogP contribution >= 0.6 is 0 Å². The maximum atomic E-state index is 12.8. The summed E-state index contributed by atoms with van der Waals surface area (Å²) in [7, 11) is 0. The maximum absolute atomic E-state index is 12.8. The first-order valence-corrected chi connectivity index (χ1v) is 10.6. The fourth-order valence-electron chi connectivity index (χ4n) is 3.72. The molecular formula is C23H28N4O5. The molecule has 0 aromatic heterocycles. The molecule has 2 aromatic carbocycles. The van der Waals surface area contributed by atoms with Gasteiger partial charge in [0.2, 0.25) is 5.91 Å². The van der Waals surface area contributed by atoms with Crippen molar-refractivity contribution in [2.45, 2.75) is 26.8 Å². The normalized spacial score (nSPS) is 14.6. The fourth-order valence-corrected chi connectivity index (χ4v) is 3.72. The van der Waals surface area contributed by atoms with Crippen LogP contribution in [0.5, 0.6) is 5.75 Å². The van der Waals surface area contributed by atoms with E-state index in [1.165, 1.54) is 13.0 Å². The van der Waals surface area contributed by atoms with Gasteiger partial charge in [-0.05, 0) is 43.7 Å². The Kier molecular flexibility index (Phi) is 7.29. The van der Waals surface area contributed by atoms with Gasteiger partial charge in [0.05, 0.1) is 17.6 Å². The van der Waals surface area contributed by atoms with Crippen LogP contribution in [-0.4, -0.2) is 54.4 Å². The lowest BCUT2D eigenvalue weighted by molar-refractivity contribution is -0.384. The van der Waals surface area contributed by atoms with Gasteiger partial charge in [0.25, 0.3) is 11.6 Å². The van der Waals surface area contributed by atoms with Gasteiger partial charge >= 0.3 is 0 Å². The Morgan fingerprint density at radius 2 is 1.78 bits per heavy atom. The summed E-state index contributed by atoms with van der Waals surface area (Å²) in [5, 5.41) is 14.6. The van der Waals surface area contributed by atoms with Crippen LogP contribution < -0.4 is 15.0 Å². The standard InChI is InChI=1S/C23H28N4O5/c1-4-32-20-8-5-18(6-9-20)16(2)24-23(29)19-7-10-21(22(15-19)27(30)31)26-13-11-25(12-14-26)17(3)28/h5-10,15-16H,4,11-14H2,1-3H3,(H,24,29)/t16-/m0/s1. The molecule has 1 atom stereocenters. The fraction of sp³-hybridized carbons (Fsp3) is 0.391. The number of carbonyl (C=O) groups excluding carboxylic acids is 2. The van der Waals surface area contributed by atoms with Gasteiger partial charge in [-0.1, -0.05) is 12.1 Å². The molecule has 1 heterocycles. The number of nitrogens with one attached hydrogen (secondary N) is 1. The van der Waals surface area contributed by atoms with E-state index in [2.05, 4.69) is 5.32 Å². The van der Waals surface area contributed by atoms with Gasteiger partial charge in [0, 0.05) is 44.7 Å². The highest BCUT2D eigenvalue weighted by molar-refractivity contribution is 5.96. The molecule has 0 aliphatic carbocycles. The van der Waals surface area contributed by atoms with Crippen molar-refractivity contribution in [1.82, 2.24) is 10.2 Å². The Morgan fingerprint density at radius 3 is 2.34 bits per heavy atom. The van der Waals surface area contributed by atoms with E-state index in [9.17, 15) is 19.7 Å². The van der Waals surface area contributed by atoms with Gasteiger partial charge in [-0.25, -0.2) is 0 Å². The summed E-state index contributed by atoms with van der Waals surface area (Å²) in [6, 6.07) is 11.7. The zero-order valence-electron chi connectivity index (χ0n) is 18.5. The van der Waals surface area contributed by atoms with Crippen LogP contribution in [0.25, 0.3) is 0 Å². The number of nitro benzene ring substituents is 1. The van der Waals surface area contributed by atoms with Crippen molar-refractivity contribution in [3.63, 3.8) is 0 Å². The number of anilines is 1. The largest absolute Gasteiger partial charge is 0.494 e. The molecule has 1 aliphatic heterocycles. The predicted molar refractivity (Wildman–Crippen MR) is 121 cm³/mol. The first-order chi connectivity index (χ1) is 15.3. The Hall–Kier alpha value is -3.62. The Labute approximate surface area is 187 Å². The molecule has 0 unspecified atom stereocenters. The molecular weight excluding hydrogens is 412 g/mol. The lowest BCUT2D eigenvalue weighted by Crippen LogP contribution is -2.48. The number of amides is 2.